The number of benzene rings is 1. The summed E-state index contributed by atoms with van der Waals surface area (Å²) in [6.45, 7) is 1.83. The minimum absolute atomic E-state index is 0.0797. The maximum Gasteiger partial charge on any atom is 0.233 e. The van der Waals surface area contributed by atoms with Crippen LogP contribution in [0, 0.1) is 0 Å². The monoisotopic (exact) mass is 333 g/mol. The van der Waals surface area contributed by atoms with E-state index in [-0.39, 0.29) is 6.54 Å². The summed E-state index contributed by atoms with van der Waals surface area (Å²) in [5, 5.41) is 11.6. The minimum atomic E-state index is -3.61. The highest BCUT2D eigenvalue weighted by Gasteiger charge is 2.22. The predicted molar refractivity (Wildman–Crippen MR) is 84.5 cm³/mol. The Kier molecular flexibility index (Phi) is 6.83. The van der Waals surface area contributed by atoms with Crippen LogP contribution in [0.3, 0.4) is 0 Å². The maximum atomic E-state index is 11.8. The molecule has 0 aliphatic carbocycles. The van der Waals surface area contributed by atoms with E-state index in [1.165, 1.54) is 13.2 Å². The summed E-state index contributed by atoms with van der Waals surface area (Å²) < 4.78 is 30.9. The molecule has 0 aliphatic rings. The number of rotatable bonds is 8. The first kappa shape index (κ1) is 18.1. The Morgan fingerprint density at radius 2 is 2.00 bits per heavy atom. The minimum Gasteiger partial charge on any atom is -0.389 e. The standard InChI is InChI=1S/C14H20ClNO4S/c1-14(17,8-9-20-2)11-16-21(18,19)10-7-12-3-5-13(15)6-4-12/h3-7,10,16-17H,8-9,11H2,1-2H3/b10-7+. The molecular weight excluding hydrogens is 314 g/mol. The van der Waals surface area contributed by atoms with Gasteiger partial charge in [0.1, 0.15) is 0 Å². The number of halogens is 1. The topological polar surface area (TPSA) is 75.6 Å². The molecule has 0 bridgehead atoms. The zero-order valence-electron chi connectivity index (χ0n) is 12.0. The number of hydrogen-bond donors (Lipinski definition) is 2. The highest BCUT2D eigenvalue weighted by Crippen LogP contribution is 2.12. The number of ether oxygens (including phenoxy) is 1. The van der Waals surface area contributed by atoms with Crippen LogP contribution >= 0.6 is 11.6 Å². The van der Waals surface area contributed by atoms with Gasteiger partial charge in [-0.05, 0) is 30.7 Å². The number of hydrogen-bond acceptors (Lipinski definition) is 4. The van der Waals surface area contributed by atoms with Crippen LogP contribution in [0.2, 0.25) is 5.02 Å². The van der Waals surface area contributed by atoms with Gasteiger partial charge in [0, 0.05) is 37.1 Å². The fraction of sp³-hybridized carbons (Fsp3) is 0.429. The maximum absolute atomic E-state index is 11.8. The Bertz CT molecular complexity index is 567. The fourth-order valence-electron chi connectivity index (χ4n) is 1.46. The van der Waals surface area contributed by atoms with Crippen molar-refractivity contribution in [3.63, 3.8) is 0 Å². The van der Waals surface area contributed by atoms with Crippen molar-refractivity contribution >= 4 is 27.7 Å². The van der Waals surface area contributed by atoms with Crippen LogP contribution in [0.4, 0.5) is 0 Å². The zero-order chi connectivity index (χ0) is 15.9. The largest absolute Gasteiger partial charge is 0.389 e. The smallest absolute Gasteiger partial charge is 0.233 e. The first-order valence-electron chi connectivity index (χ1n) is 6.39. The van der Waals surface area contributed by atoms with Crippen molar-refractivity contribution < 1.29 is 18.3 Å². The van der Waals surface area contributed by atoms with E-state index >= 15 is 0 Å². The third kappa shape index (κ3) is 7.59. The van der Waals surface area contributed by atoms with Crippen molar-refractivity contribution in [2.75, 3.05) is 20.3 Å². The second-order valence-corrected chi connectivity index (χ2v) is 7.05. The molecule has 118 valence electrons. The molecule has 0 saturated heterocycles. The molecule has 0 saturated carbocycles. The van der Waals surface area contributed by atoms with Crippen LogP contribution < -0.4 is 4.72 Å². The molecule has 0 fully saturated rings. The van der Waals surface area contributed by atoms with E-state index < -0.39 is 15.6 Å². The average molecular weight is 334 g/mol. The van der Waals surface area contributed by atoms with Gasteiger partial charge in [-0.3, -0.25) is 0 Å². The van der Waals surface area contributed by atoms with E-state index in [0.29, 0.717) is 18.1 Å². The van der Waals surface area contributed by atoms with E-state index in [4.69, 9.17) is 16.3 Å². The SMILES string of the molecule is COCCC(C)(O)CNS(=O)(=O)/C=C/c1ccc(Cl)cc1. The summed E-state index contributed by atoms with van der Waals surface area (Å²) in [4.78, 5) is 0. The van der Waals surface area contributed by atoms with E-state index in [2.05, 4.69) is 4.72 Å². The van der Waals surface area contributed by atoms with Gasteiger partial charge >= 0.3 is 0 Å². The van der Waals surface area contributed by atoms with E-state index in [9.17, 15) is 13.5 Å². The molecule has 0 amide bonds. The molecule has 1 atom stereocenters. The molecule has 1 unspecified atom stereocenters. The molecule has 1 rings (SSSR count). The molecule has 21 heavy (non-hydrogen) atoms. The average Bonchev–Trinajstić information content (AvgIpc) is 2.43. The number of sulfonamides is 1. The molecule has 0 aliphatic heterocycles. The molecule has 0 heterocycles. The summed E-state index contributed by atoms with van der Waals surface area (Å²) in [6, 6.07) is 6.78. The number of nitrogens with one attached hydrogen (secondary N) is 1. The van der Waals surface area contributed by atoms with Gasteiger partial charge in [-0.15, -0.1) is 0 Å². The normalized spacial score (nSPS) is 15.2. The highest BCUT2D eigenvalue weighted by molar-refractivity contribution is 7.92. The van der Waals surface area contributed by atoms with Crippen molar-refractivity contribution in [1.29, 1.82) is 0 Å². The first-order valence-corrected chi connectivity index (χ1v) is 8.31. The van der Waals surface area contributed by atoms with Crippen LogP contribution in [-0.2, 0) is 14.8 Å². The van der Waals surface area contributed by atoms with E-state index in [0.717, 1.165) is 11.0 Å². The van der Waals surface area contributed by atoms with Crippen LogP contribution in [-0.4, -0.2) is 39.4 Å². The summed E-state index contributed by atoms with van der Waals surface area (Å²) in [5.74, 6) is 0. The second kappa shape index (κ2) is 7.91. The molecule has 5 nitrogen and oxygen atoms in total. The van der Waals surface area contributed by atoms with Crippen molar-refractivity contribution in [2.24, 2.45) is 0 Å². The van der Waals surface area contributed by atoms with Crippen molar-refractivity contribution in [1.82, 2.24) is 4.72 Å². The first-order chi connectivity index (χ1) is 9.74. The number of aliphatic hydroxyl groups is 1. The summed E-state index contributed by atoms with van der Waals surface area (Å²) in [6.07, 6.45) is 1.80. The lowest BCUT2D eigenvalue weighted by Crippen LogP contribution is -2.40. The van der Waals surface area contributed by atoms with E-state index in [1.54, 1.807) is 31.2 Å². The van der Waals surface area contributed by atoms with Gasteiger partial charge in [0.15, 0.2) is 0 Å². The van der Waals surface area contributed by atoms with Gasteiger partial charge in [0.2, 0.25) is 10.0 Å². The lowest BCUT2D eigenvalue weighted by molar-refractivity contribution is 0.0292. The van der Waals surface area contributed by atoms with Crippen LogP contribution in [0.15, 0.2) is 29.7 Å². The van der Waals surface area contributed by atoms with Crippen molar-refractivity contribution in [3.05, 3.63) is 40.3 Å². The third-order valence-corrected chi connectivity index (χ3v) is 4.10. The predicted octanol–water partition coefficient (Wildman–Crippen LogP) is 2.02. The Morgan fingerprint density at radius 3 is 2.57 bits per heavy atom. The Labute approximate surface area is 130 Å². The molecule has 1 aromatic rings. The molecule has 2 N–H and O–H groups in total. The Hall–Kier alpha value is -0.920. The van der Waals surface area contributed by atoms with Gasteiger partial charge in [-0.2, -0.15) is 0 Å². The summed E-state index contributed by atoms with van der Waals surface area (Å²) in [7, 11) is -2.09. The fourth-order valence-corrected chi connectivity index (χ4v) is 2.53. The second-order valence-electron chi connectivity index (χ2n) is 4.96. The van der Waals surface area contributed by atoms with Gasteiger partial charge in [-0.25, -0.2) is 13.1 Å². The van der Waals surface area contributed by atoms with Gasteiger partial charge in [0.25, 0.3) is 0 Å². The molecule has 0 radical (unpaired) electrons. The van der Waals surface area contributed by atoms with Gasteiger partial charge in [0.05, 0.1) is 5.60 Å². The lowest BCUT2D eigenvalue weighted by atomic mass is 10.0. The molecule has 1 aromatic carbocycles. The molecule has 0 aromatic heterocycles. The zero-order valence-corrected chi connectivity index (χ0v) is 13.6. The van der Waals surface area contributed by atoms with Gasteiger partial charge < -0.3 is 9.84 Å². The molecule has 0 spiro atoms. The van der Waals surface area contributed by atoms with Crippen LogP contribution in [0.5, 0.6) is 0 Å². The van der Waals surface area contributed by atoms with E-state index in [1.807, 2.05) is 0 Å². The lowest BCUT2D eigenvalue weighted by Gasteiger charge is -2.22. The van der Waals surface area contributed by atoms with Crippen LogP contribution in [0.25, 0.3) is 6.08 Å². The van der Waals surface area contributed by atoms with Crippen molar-refractivity contribution in [2.45, 2.75) is 18.9 Å². The highest BCUT2D eigenvalue weighted by atomic mass is 35.5. The Morgan fingerprint density at radius 1 is 1.38 bits per heavy atom. The van der Waals surface area contributed by atoms with Gasteiger partial charge in [-0.1, -0.05) is 23.7 Å². The van der Waals surface area contributed by atoms with Crippen LogP contribution in [0.1, 0.15) is 18.9 Å². The van der Waals surface area contributed by atoms with Crippen molar-refractivity contribution in [3.8, 4) is 0 Å². The Balaban J connectivity index is 2.59. The summed E-state index contributed by atoms with van der Waals surface area (Å²) in [5.41, 5.74) is -0.437. The molecular formula is C14H20ClNO4S. The number of methoxy groups -OCH3 is 1. The third-order valence-electron chi connectivity index (χ3n) is 2.81. The molecule has 7 heteroatoms. The quantitative estimate of drug-likeness (QED) is 0.763. The summed E-state index contributed by atoms with van der Waals surface area (Å²) >= 11 is 5.75.